The van der Waals surface area contributed by atoms with Crippen molar-refractivity contribution in [2.75, 3.05) is 0 Å². The standard InChI is InChI=1S/C19H32O/c1-12(2)19(13(3)4,14(5)20)18-9-15-6-16(10-18)8-17(7-15)11-18/h12-13,15-17H,6-11H2,1-5H3. The molecule has 0 heterocycles. The van der Waals surface area contributed by atoms with Crippen molar-refractivity contribution >= 4 is 5.78 Å². The third-order valence-corrected chi connectivity index (χ3v) is 7.32. The van der Waals surface area contributed by atoms with Gasteiger partial charge in [-0.3, -0.25) is 4.79 Å². The lowest BCUT2D eigenvalue weighted by Crippen LogP contribution is -2.61. The summed E-state index contributed by atoms with van der Waals surface area (Å²) in [6.07, 6.45) is 8.41. The molecule has 4 aliphatic carbocycles. The molecule has 114 valence electrons. The molecule has 0 aliphatic heterocycles. The Balaban J connectivity index is 2.09. The predicted octanol–water partition coefficient (Wildman–Crippen LogP) is 5.09. The van der Waals surface area contributed by atoms with Gasteiger partial charge in [-0.25, -0.2) is 0 Å². The molecular formula is C19H32O. The Hall–Kier alpha value is -0.330. The van der Waals surface area contributed by atoms with Gasteiger partial charge in [-0.15, -0.1) is 0 Å². The van der Waals surface area contributed by atoms with E-state index in [2.05, 4.69) is 27.7 Å². The van der Waals surface area contributed by atoms with Gasteiger partial charge in [-0.1, -0.05) is 27.7 Å². The Morgan fingerprint density at radius 3 is 1.50 bits per heavy atom. The van der Waals surface area contributed by atoms with E-state index in [1.165, 1.54) is 38.5 Å². The minimum atomic E-state index is -0.0803. The van der Waals surface area contributed by atoms with Crippen molar-refractivity contribution in [2.45, 2.75) is 73.1 Å². The van der Waals surface area contributed by atoms with Gasteiger partial charge < -0.3 is 0 Å². The monoisotopic (exact) mass is 276 g/mol. The molecule has 1 heteroatoms. The van der Waals surface area contributed by atoms with Crippen LogP contribution in [0.15, 0.2) is 0 Å². The van der Waals surface area contributed by atoms with E-state index in [9.17, 15) is 4.79 Å². The first-order valence-corrected chi connectivity index (χ1v) is 8.83. The van der Waals surface area contributed by atoms with Crippen molar-refractivity contribution in [3.05, 3.63) is 0 Å². The van der Waals surface area contributed by atoms with Crippen LogP contribution < -0.4 is 0 Å². The van der Waals surface area contributed by atoms with Crippen molar-refractivity contribution in [1.82, 2.24) is 0 Å². The van der Waals surface area contributed by atoms with E-state index < -0.39 is 0 Å². The van der Waals surface area contributed by atoms with Crippen LogP contribution in [0.5, 0.6) is 0 Å². The first-order chi connectivity index (χ1) is 9.32. The SMILES string of the molecule is CC(=O)C(C(C)C)(C(C)C)C12CC3CC(CC(C3)C1)C2. The molecule has 0 radical (unpaired) electrons. The summed E-state index contributed by atoms with van der Waals surface area (Å²) in [5.74, 6) is 4.20. The fourth-order valence-corrected chi connectivity index (χ4v) is 7.70. The van der Waals surface area contributed by atoms with Crippen molar-refractivity contribution < 1.29 is 4.79 Å². The van der Waals surface area contributed by atoms with Gasteiger partial charge in [0.05, 0.1) is 0 Å². The van der Waals surface area contributed by atoms with Gasteiger partial charge in [0.1, 0.15) is 5.78 Å². The molecular weight excluding hydrogens is 244 g/mol. The van der Waals surface area contributed by atoms with E-state index in [0.717, 1.165) is 17.8 Å². The zero-order valence-electron chi connectivity index (χ0n) is 14.0. The van der Waals surface area contributed by atoms with Gasteiger partial charge in [0, 0.05) is 5.41 Å². The molecule has 0 spiro atoms. The molecule has 4 aliphatic rings. The molecule has 0 N–H and O–H groups in total. The first kappa shape index (κ1) is 14.6. The maximum atomic E-state index is 12.9. The van der Waals surface area contributed by atoms with E-state index in [-0.39, 0.29) is 5.41 Å². The number of carbonyl (C=O) groups excluding carboxylic acids is 1. The second-order valence-electron chi connectivity index (χ2n) is 8.93. The summed E-state index contributed by atoms with van der Waals surface area (Å²) in [5.41, 5.74) is 0.249. The van der Waals surface area contributed by atoms with Crippen LogP contribution in [0.3, 0.4) is 0 Å². The van der Waals surface area contributed by atoms with Gasteiger partial charge in [0.2, 0.25) is 0 Å². The average Bonchev–Trinajstić information content (AvgIpc) is 2.24. The van der Waals surface area contributed by atoms with Crippen molar-refractivity contribution in [3.8, 4) is 0 Å². The summed E-state index contributed by atoms with van der Waals surface area (Å²) in [6.45, 7) is 11.1. The maximum Gasteiger partial charge on any atom is 0.137 e. The van der Waals surface area contributed by atoms with Crippen molar-refractivity contribution in [1.29, 1.82) is 0 Å². The van der Waals surface area contributed by atoms with Crippen LogP contribution in [0.25, 0.3) is 0 Å². The number of rotatable bonds is 4. The molecule has 0 saturated heterocycles. The van der Waals surface area contributed by atoms with Gasteiger partial charge >= 0.3 is 0 Å². The van der Waals surface area contributed by atoms with Crippen molar-refractivity contribution in [2.24, 2.45) is 40.4 Å². The summed E-state index contributed by atoms with van der Waals surface area (Å²) in [5, 5.41) is 0. The third-order valence-electron chi connectivity index (χ3n) is 7.32. The molecule has 0 aromatic rings. The highest BCUT2D eigenvalue weighted by Crippen LogP contribution is 2.69. The van der Waals surface area contributed by atoms with E-state index in [1.807, 2.05) is 6.92 Å². The summed E-state index contributed by atoms with van der Waals surface area (Å²) in [6, 6.07) is 0. The number of hydrogen-bond donors (Lipinski definition) is 0. The molecule has 0 unspecified atom stereocenters. The fraction of sp³-hybridized carbons (Fsp3) is 0.947. The number of ketones is 1. The minimum absolute atomic E-state index is 0.0803. The molecule has 4 fully saturated rings. The molecule has 1 nitrogen and oxygen atoms in total. The van der Waals surface area contributed by atoms with Gasteiger partial charge in [-0.05, 0) is 80.5 Å². The smallest absolute Gasteiger partial charge is 0.137 e. The minimum Gasteiger partial charge on any atom is -0.299 e. The molecule has 4 saturated carbocycles. The quantitative estimate of drug-likeness (QED) is 0.699. The number of hydrogen-bond acceptors (Lipinski definition) is 1. The normalized spacial score (nSPS) is 39.9. The Labute approximate surface area is 124 Å². The third kappa shape index (κ3) is 1.70. The summed E-state index contributed by atoms with van der Waals surface area (Å²) >= 11 is 0. The van der Waals surface area contributed by atoms with Gasteiger partial charge in [0.15, 0.2) is 0 Å². The highest BCUT2D eigenvalue weighted by molar-refractivity contribution is 5.84. The van der Waals surface area contributed by atoms with E-state index in [4.69, 9.17) is 0 Å². The van der Waals surface area contributed by atoms with Crippen LogP contribution in [0, 0.1) is 40.4 Å². The largest absolute Gasteiger partial charge is 0.299 e. The zero-order valence-corrected chi connectivity index (χ0v) is 14.0. The molecule has 20 heavy (non-hydrogen) atoms. The topological polar surface area (TPSA) is 17.1 Å². The lowest BCUT2D eigenvalue weighted by Gasteiger charge is -2.65. The Morgan fingerprint density at radius 2 is 1.25 bits per heavy atom. The highest BCUT2D eigenvalue weighted by atomic mass is 16.1. The first-order valence-electron chi connectivity index (χ1n) is 8.83. The van der Waals surface area contributed by atoms with E-state index in [0.29, 0.717) is 23.0 Å². The molecule has 0 amide bonds. The Morgan fingerprint density at radius 1 is 0.900 bits per heavy atom. The summed E-state index contributed by atoms with van der Waals surface area (Å²) in [7, 11) is 0. The Kier molecular flexibility index (Phi) is 3.34. The summed E-state index contributed by atoms with van der Waals surface area (Å²) in [4.78, 5) is 12.9. The number of Topliss-reactive ketones (excluding diaryl/α,β-unsaturated/α-hetero) is 1. The summed E-state index contributed by atoms with van der Waals surface area (Å²) < 4.78 is 0. The number of carbonyl (C=O) groups is 1. The van der Waals surface area contributed by atoms with Crippen LogP contribution >= 0.6 is 0 Å². The predicted molar refractivity (Wildman–Crippen MR) is 83.4 cm³/mol. The van der Waals surface area contributed by atoms with Crippen LogP contribution in [0.2, 0.25) is 0 Å². The van der Waals surface area contributed by atoms with Crippen LogP contribution in [0.4, 0.5) is 0 Å². The lowest BCUT2D eigenvalue weighted by molar-refractivity contribution is -0.180. The highest BCUT2D eigenvalue weighted by Gasteiger charge is 2.63. The molecule has 0 atom stereocenters. The molecule has 0 aromatic carbocycles. The molecule has 4 rings (SSSR count). The average molecular weight is 276 g/mol. The van der Waals surface area contributed by atoms with Gasteiger partial charge in [-0.2, -0.15) is 0 Å². The fourth-order valence-electron chi connectivity index (χ4n) is 7.70. The van der Waals surface area contributed by atoms with Gasteiger partial charge in [0.25, 0.3) is 0 Å². The molecule has 0 aromatic heterocycles. The van der Waals surface area contributed by atoms with Crippen LogP contribution in [-0.2, 0) is 4.79 Å². The van der Waals surface area contributed by atoms with E-state index in [1.54, 1.807) is 0 Å². The Bertz CT molecular complexity index is 361. The zero-order chi connectivity index (χ0) is 14.7. The molecule has 4 bridgehead atoms. The maximum absolute atomic E-state index is 12.9. The second-order valence-corrected chi connectivity index (χ2v) is 8.93. The second kappa shape index (κ2) is 4.58. The lowest BCUT2D eigenvalue weighted by atomic mass is 9.38. The van der Waals surface area contributed by atoms with E-state index >= 15 is 0 Å². The van der Waals surface area contributed by atoms with Crippen LogP contribution in [0.1, 0.15) is 73.1 Å². The van der Waals surface area contributed by atoms with Crippen LogP contribution in [-0.4, -0.2) is 5.78 Å². The van der Waals surface area contributed by atoms with Crippen molar-refractivity contribution in [3.63, 3.8) is 0 Å².